The molecule has 6 heteroatoms. The molecule has 0 bridgehead atoms. The Hall–Kier alpha value is -1.28. The van der Waals surface area contributed by atoms with E-state index in [4.69, 9.17) is 4.42 Å². The first-order valence-electron chi connectivity index (χ1n) is 7.91. The van der Waals surface area contributed by atoms with E-state index in [0.29, 0.717) is 19.1 Å². The van der Waals surface area contributed by atoms with Gasteiger partial charge >= 0.3 is 0 Å². The monoisotopic (exact) mass is 459 g/mol. The van der Waals surface area contributed by atoms with E-state index in [9.17, 15) is 0 Å². The average Bonchev–Trinajstić information content (AvgIpc) is 3.16. The molecule has 0 amide bonds. The average molecular weight is 459 g/mol. The zero-order valence-corrected chi connectivity index (χ0v) is 17.4. The van der Waals surface area contributed by atoms with Crippen LogP contribution >= 0.6 is 35.3 Å². The van der Waals surface area contributed by atoms with Gasteiger partial charge in [-0.2, -0.15) is 0 Å². The molecular formula is C18H26IN3OS. The molecule has 2 rings (SSSR count). The molecule has 0 saturated carbocycles. The van der Waals surface area contributed by atoms with Crippen LogP contribution in [0.3, 0.4) is 0 Å². The van der Waals surface area contributed by atoms with E-state index in [0.717, 1.165) is 24.6 Å². The topological polar surface area (TPSA) is 49.6 Å². The van der Waals surface area contributed by atoms with E-state index >= 15 is 0 Å². The summed E-state index contributed by atoms with van der Waals surface area (Å²) in [7, 11) is 0. The molecule has 2 N–H and O–H groups in total. The van der Waals surface area contributed by atoms with Crippen molar-refractivity contribution in [3.63, 3.8) is 0 Å². The number of nitrogens with one attached hydrogen (secondary N) is 2. The maximum Gasteiger partial charge on any atom is 0.191 e. The molecule has 24 heavy (non-hydrogen) atoms. The Morgan fingerprint density at radius 2 is 2.25 bits per heavy atom. The van der Waals surface area contributed by atoms with Crippen molar-refractivity contribution >= 4 is 41.3 Å². The predicted octanol–water partition coefficient (Wildman–Crippen LogP) is 4.16. The van der Waals surface area contributed by atoms with Crippen LogP contribution in [0.5, 0.6) is 0 Å². The fraction of sp³-hybridized carbons (Fsp3) is 0.389. The minimum atomic E-state index is 0. The molecule has 1 unspecified atom stereocenters. The summed E-state index contributed by atoms with van der Waals surface area (Å²) < 4.78 is 5.33. The molecule has 0 aromatic carbocycles. The molecule has 0 radical (unpaired) electrons. The van der Waals surface area contributed by atoms with Crippen molar-refractivity contribution in [1.82, 2.24) is 10.6 Å². The quantitative estimate of drug-likeness (QED) is 0.270. The van der Waals surface area contributed by atoms with Gasteiger partial charge in [-0.25, -0.2) is 0 Å². The zero-order chi connectivity index (χ0) is 16.5. The van der Waals surface area contributed by atoms with Crippen LogP contribution in [0.1, 0.15) is 22.4 Å². The van der Waals surface area contributed by atoms with Gasteiger partial charge in [0.05, 0.1) is 6.26 Å². The van der Waals surface area contributed by atoms with Gasteiger partial charge in [0.1, 0.15) is 5.76 Å². The number of halogens is 1. The second-order valence-electron chi connectivity index (χ2n) is 5.49. The first-order chi connectivity index (χ1) is 11.2. The molecule has 132 valence electrons. The van der Waals surface area contributed by atoms with Crippen molar-refractivity contribution in [2.75, 3.05) is 13.1 Å². The van der Waals surface area contributed by atoms with Crippen molar-refractivity contribution in [3.05, 3.63) is 58.7 Å². The summed E-state index contributed by atoms with van der Waals surface area (Å²) in [6.45, 7) is 9.43. The van der Waals surface area contributed by atoms with Crippen LogP contribution in [0.2, 0.25) is 0 Å². The van der Waals surface area contributed by atoms with Gasteiger partial charge in [-0.15, -0.1) is 41.9 Å². The van der Waals surface area contributed by atoms with E-state index in [2.05, 4.69) is 48.2 Å². The summed E-state index contributed by atoms with van der Waals surface area (Å²) in [5.41, 5.74) is 0. The number of hydrogen-bond donors (Lipinski definition) is 2. The second kappa shape index (κ2) is 11.3. The standard InChI is InChI=1S/C18H25N3OS.HI/c1-4-10-19-18(20-11-9-16-6-5-12-22-16)21-14(2)13-17-8-7-15(3)23-17;/h4-8,12,14H,1,9-11,13H2,2-3H3,(H2,19,20,21);1H. The molecule has 0 saturated heterocycles. The van der Waals surface area contributed by atoms with Crippen molar-refractivity contribution in [2.24, 2.45) is 4.99 Å². The highest BCUT2D eigenvalue weighted by Gasteiger charge is 2.08. The van der Waals surface area contributed by atoms with Crippen molar-refractivity contribution < 1.29 is 4.42 Å². The fourth-order valence-corrected chi connectivity index (χ4v) is 3.25. The minimum Gasteiger partial charge on any atom is -0.469 e. The molecule has 4 nitrogen and oxygen atoms in total. The molecule has 0 aliphatic rings. The zero-order valence-electron chi connectivity index (χ0n) is 14.2. The summed E-state index contributed by atoms with van der Waals surface area (Å²) in [6.07, 6.45) is 5.31. The first-order valence-corrected chi connectivity index (χ1v) is 8.72. The Morgan fingerprint density at radius 1 is 1.42 bits per heavy atom. The largest absolute Gasteiger partial charge is 0.469 e. The van der Waals surface area contributed by atoms with Crippen LogP contribution in [0.25, 0.3) is 0 Å². The smallest absolute Gasteiger partial charge is 0.191 e. The van der Waals surface area contributed by atoms with Gasteiger partial charge in [-0.1, -0.05) is 6.08 Å². The Bertz CT molecular complexity index is 622. The van der Waals surface area contributed by atoms with Crippen LogP contribution in [-0.2, 0) is 12.8 Å². The number of thiophene rings is 1. The van der Waals surface area contributed by atoms with Gasteiger partial charge in [-0.3, -0.25) is 4.99 Å². The van der Waals surface area contributed by atoms with Gasteiger partial charge < -0.3 is 15.1 Å². The Kier molecular flexibility index (Phi) is 9.78. The van der Waals surface area contributed by atoms with Crippen molar-refractivity contribution in [1.29, 1.82) is 0 Å². The number of rotatable bonds is 8. The molecule has 0 spiro atoms. The van der Waals surface area contributed by atoms with Gasteiger partial charge in [-0.05, 0) is 38.1 Å². The highest BCUT2D eigenvalue weighted by atomic mass is 127. The van der Waals surface area contributed by atoms with Crippen LogP contribution in [-0.4, -0.2) is 25.1 Å². The van der Waals surface area contributed by atoms with Gasteiger partial charge in [0.15, 0.2) is 5.96 Å². The molecule has 2 heterocycles. The summed E-state index contributed by atoms with van der Waals surface area (Å²) in [5, 5.41) is 6.72. The lowest BCUT2D eigenvalue weighted by molar-refractivity contribution is 0.510. The number of nitrogens with zero attached hydrogens (tertiary/aromatic N) is 1. The molecule has 2 aromatic rings. The van der Waals surface area contributed by atoms with E-state index in [1.807, 2.05) is 29.5 Å². The molecule has 0 aliphatic carbocycles. The summed E-state index contributed by atoms with van der Waals surface area (Å²) in [4.78, 5) is 7.35. The molecule has 2 aromatic heterocycles. The number of aryl methyl sites for hydroxylation is 1. The number of aliphatic imine (C=N–C) groups is 1. The lowest BCUT2D eigenvalue weighted by Crippen LogP contribution is -2.43. The highest BCUT2D eigenvalue weighted by Crippen LogP contribution is 2.16. The normalized spacial score (nSPS) is 12.3. The Labute approximate surface area is 165 Å². The molecule has 0 fully saturated rings. The summed E-state index contributed by atoms with van der Waals surface area (Å²) in [5.74, 6) is 1.77. The maximum atomic E-state index is 5.33. The van der Waals surface area contributed by atoms with E-state index in [-0.39, 0.29) is 24.0 Å². The van der Waals surface area contributed by atoms with Crippen LogP contribution in [0.15, 0.2) is 52.6 Å². The molecule has 1 atom stereocenters. The molecule has 0 aliphatic heterocycles. The van der Waals surface area contributed by atoms with Gasteiger partial charge in [0.25, 0.3) is 0 Å². The summed E-state index contributed by atoms with van der Waals surface area (Å²) >= 11 is 1.85. The van der Waals surface area contributed by atoms with E-state index < -0.39 is 0 Å². The van der Waals surface area contributed by atoms with E-state index in [1.54, 1.807) is 6.26 Å². The number of hydrogen-bond acceptors (Lipinski definition) is 3. The van der Waals surface area contributed by atoms with Crippen molar-refractivity contribution in [2.45, 2.75) is 32.7 Å². The second-order valence-corrected chi connectivity index (χ2v) is 6.86. The summed E-state index contributed by atoms with van der Waals surface area (Å²) in [6, 6.07) is 8.55. The highest BCUT2D eigenvalue weighted by molar-refractivity contribution is 14.0. The third-order valence-electron chi connectivity index (χ3n) is 3.31. The first kappa shape index (κ1) is 20.8. The van der Waals surface area contributed by atoms with Crippen LogP contribution in [0, 0.1) is 6.92 Å². The lowest BCUT2D eigenvalue weighted by Gasteiger charge is -2.17. The Balaban J connectivity index is 0.00000288. The van der Waals surface area contributed by atoms with E-state index in [1.165, 1.54) is 9.75 Å². The third kappa shape index (κ3) is 7.53. The molecular weight excluding hydrogens is 433 g/mol. The van der Waals surface area contributed by atoms with Gasteiger partial charge in [0.2, 0.25) is 0 Å². The third-order valence-corrected chi connectivity index (χ3v) is 4.33. The van der Waals surface area contributed by atoms with Crippen molar-refractivity contribution in [3.8, 4) is 0 Å². The predicted molar refractivity (Wildman–Crippen MR) is 114 cm³/mol. The fourth-order valence-electron chi connectivity index (χ4n) is 2.24. The van der Waals surface area contributed by atoms with Gasteiger partial charge in [0, 0.05) is 41.7 Å². The Morgan fingerprint density at radius 3 is 2.88 bits per heavy atom. The lowest BCUT2D eigenvalue weighted by atomic mass is 10.2. The van der Waals surface area contributed by atoms with Crippen LogP contribution in [0.4, 0.5) is 0 Å². The number of guanidine groups is 1. The van der Waals surface area contributed by atoms with Crippen LogP contribution < -0.4 is 10.6 Å². The SMILES string of the molecule is C=CCNC(=NCCc1ccco1)NC(C)Cc1ccc(C)s1.I. The minimum absolute atomic E-state index is 0. The number of furan rings is 1. The maximum absolute atomic E-state index is 5.33.